The molecular weight excluding hydrogens is 346 g/mol. The van der Waals surface area contributed by atoms with Crippen LogP contribution in [0.1, 0.15) is 12.0 Å². The van der Waals surface area contributed by atoms with Crippen LogP contribution in [0.5, 0.6) is 0 Å². The molecule has 106 valence electrons. The monoisotopic (exact) mass is 357 g/mol. The molecule has 6 nitrogen and oxygen atoms in total. The van der Waals surface area contributed by atoms with Crippen molar-refractivity contribution < 1.29 is 13.2 Å². The van der Waals surface area contributed by atoms with Crippen LogP contribution in [0.3, 0.4) is 0 Å². The van der Waals surface area contributed by atoms with E-state index in [1.54, 1.807) is 18.2 Å². The number of hydrogen-bond donors (Lipinski definition) is 1. The van der Waals surface area contributed by atoms with Crippen molar-refractivity contribution in [1.29, 1.82) is 5.26 Å². The molecule has 1 atom stereocenters. The van der Waals surface area contributed by atoms with Gasteiger partial charge in [-0.2, -0.15) is 5.26 Å². The van der Waals surface area contributed by atoms with Gasteiger partial charge >= 0.3 is 0 Å². The van der Waals surface area contributed by atoms with Gasteiger partial charge in [0.05, 0.1) is 17.0 Å². The maximum absolute atomic E-state index is 12.0. The molecule has 1 unspecified atom stereocenters. The van der Waals surface area contributed by atoms with Crippen molar-refractivity contribution in [3.8, 4) is 6.07 Å². The van der Waals surface area contributed by atoms with Crippen LogP contribution in [0.2, 0.25) is 0 Å². The van der Waals surface area contributed by atoms with Gasteiger partial charge in [0.2, 0.25) is 15.9 Å². The molecule has 20 heavy (non-hydrogen) atoms. The highest BCUT2D eigenvalue weighted by Gasteiger charge is 2.33. The second-order valence-electron chi connectivity index (χ2n) is 4.68. The Hall–Kier alpha value is -1.43. The summed E-state index contributed by atoms with van der Waals surface area (Å²) in [7, 11) is -3.61. The summed E-state index contributed by atoms with van der Waals surface area (Å²) in [6.45, 7) is 0.256. The highest BCUT2D eigenvalue weighted by molar-refractivity contribution is 9.10. The van der Waals surface area contributed by atoms with Crippen molar-refractivity contribution in [3.63, 3.8) is 0 Å². The smallest absolute Gasteiger partial charge is 0.227 e. The summed E-state index contributed by atoms with van der Waals surface area (Å²) >= 11 is 3.26. The lowest BCUT2D eigenvalue weighted by molar-refractivity contribution is -0.117. The van der Waals surface area contributed by atoms with Gasteiger partial charge < -0.3 is 4.90 Å². The highest BCUT2D eigenvalue weighted by Crippen LogP contribution is 2.30. The van der Waals surface area contributed by atoms with Gasteiger partial charge in [-0.15, -0.1) is 0 Å². The molecule has 2 N–H and O–H groups in total. The molecule has 1 aromatic rings. The number of benzene rings is 1. The van der Waals surface area contributed by atoms with E-state index in [1.165, 1.54) is 4.90 Å². The average Bonchev–Trinajstić information content (AvgIpc) is 2.67. The maximum Gasteiger partial charge on any atom is 0.227 e. The van der Waals surface area contributed by atoms with E-state index >= 15 is 0 Å². The third-order valence-corrected chi connectivity index (χ3v) is 4.47. The van der Waals surface area contributed by atoms with E-state index in [4.69, 9.17) is 10.4 Å². The van der Waals surface area contributed by atoms with Gasteiger partial charge in [0, 0.05) is 23.4 Å². The minimum atomic E-state index is -3.61. The lowest BCUT2D eigenvalue weighted by Gasteiger charge is -2.18. The number of halogens is 1. The van der Waals surface area contributed by atoms with Gasteiger partial charge in [0.15, 0.2) is 0 Å². The normalized spacial score (nSPS) is 19.1. The molecule has 1 heterocycles. The largest absolute Gasteiger partial charge is 0.311 e. The molecule has 1 amide bonds. The SMILES string of the molecule is N#Cc1cc(Br)ccc1N1CC(CS(N)(=O)=O)CC1=O. The van der Waals surface area contributed by atoms with Crippen molar-refractivity contribution in [1.82, 2.24) is 0 Å². The molecule has 1 aromatic carbocycles. The van der Waals surface area contributed by atoms with E-state index in [0.29, 0.717) is 11.3 Å². The first-order valence-corrected chi connectivity index (χ1v) is 8.31. The fraction of sp³-hybridized carbons (Fsp3) is 0.333. The van der Waals surface area contributed by atoms with Crippen LogP contribution in [0.4, 0.5) is 5.69 Å². The number of nitrogens with two attached hydrogens (primary N) is 1. The van der Waals surface area contributed by atoms with Crippen molar-refractivity contribution >= 4 is 37.5 Å². The molecule has 0 aliphatic carbocycles. The van der Waals surface area contributed by atoms with Crippen LogP contribution in [0.25, 0.3) is 0 Å². The molecule has 0 aromatic heterocycles. The number of nitriles is 1. The van der Waals surface area contributed by atoms with Crippen LogP contribution in [0.15, 0.2) is 22.7 Å². The number of anilines is 1. The number of sulfonamides is 1. The van der Waals surface area contributed by atoms with Gasteiger partial charge in [0.1, 0.15) is 6.07 Å². The summed E-state index contributed by atoms with van der Waals surface area (Å²) in [6.07, 6.45) is 0.122. The topological polar surface area (TPSA) is 104 Å². The van der Waals surface area contributed by atoms with Crippen LogP contribution in [0, 0.1) is 17.2 Å². The summed E-state index contributed by atoms with van der Waals surface area (Å²) in [5.41, 5.74) is 0.863. The number of primary sulfonamides is 1. The molecule has 1 saturated heterocycles. The number of carbonyl (C=O) groups excluding carboxylic acids is 1. The van der Waals surface area contributed by atoms with E-state index in [0.717, 1.165) is 4.47 Å². The van der Waals surface area contributed by atoms with E-state index in [-0.39, 0.29) is 30.5 Å². The van der Waals surface area contributed by atoms with Crippen molar-refractivity contribution in [2.75, 3.05) is 17.2 Å². The minimum Gasteiger partial charge on any atom is -0.311 e. The Bertz CT molecular complexity index is 696. The lowest BCUT2D eigenvalue weighted by Crippen LogP contribution is -2.28. The van der Waals surface area contributed by atoms with Crippen LogP contribution in [-0.2, 0) is 14.8 Å². The second-order valence-corrected chi connectivity index (χ2v) is 7.25. The summed E-state index contributed by atoms with van der Waals surface area (Å²) in [5.74, 6) is -0.765. The van der Waals surface area contributed by atoms with Crippen LogP contribution >= 0.6 is 15.9 Å². The van der Waals surface area contributed by atoms with Gasteiger partial charge in [-0.05, 0) is 18.2 Å². The second kappa shape index (κ2) is 5.52. The lowest BCUT2D eigenvalue weighted by atomic mass is 10.1. The molecule has 0 spiro atoms. The number of hydrogen-bond acceptors (Lipinski definition) is 4. The molecule has 0 bridgehead atoms. The third kappa shape index (κ3) is 3.36. The highest BCUT2D eigenvalue weighted by atomic mass is 79.9. The molecular formula is C12H12BrN3O3S. The van der Waals surface area contributed by atoms with Crippen molar-refractivity contribution in [2.24, 2.45) is 11.1 Å². The number of carbonyl (C=O) groups is 1. The summed E-state index contributed by atoms with van der Waals surface area (Å²) < 4.78 is 22.9. The van der Waals surface area contributed by atoms with Crippen LogP contribution < -0.4 is 10.0 Å². The Morgan fingerprint density at radius 2 is 2.20 bits per heavy atom. The fourth-order valence-corrected chi connectivity index (χ4v) is 3.53. The quantitative estimate of drug-likeness (QED) is 0.869. The van der Waals surface area contributed by atoms with Gasteiger partial charge in [0.25, 0.3) is 0 Å². The molecule has 0 saturated carbocycles. The predicted molar refractivity (Wildman–Crippen MR) is 77.3 cm³/mol. The van der Waals surface area contributed by atoms with Gasteiger partial charge in [-0.1, -0.05) is 15.9 Å². The van der Waals surface area contributed by atoms with E-state index in [2.05, 4.69) is 15.9 Å². The van der Waals surface area contributed by atoms with Crippen molar-refractivity contribution in [3.05, 3.63) is 28.2 Å². The van der Waals surface area contributed by atoms with Crippen LogP contribution in [-0.4, -0.2) is 26.6 Å². The zero-order chi connectivity index (χ0) is 14.9. The minimum absolute atomic E-state index is 0.122. The summed E-state index contributed by atoms with van der Waals surface area (Å²) in [5, 5.41) is 14.1. The van der Waals surface area contributed by atoms with Crippen molar-refractivity contribution in [2.45, 2.75) is 6.42 Å². The Kier molecular flexibility index (Phi) is 4.13. The first-order valence-electron chi connectivity index (χ1n) is 5.80. The standard InChI is InChI=1S/C12H12BrN3O3S/c13-10-1-2-11(9(4-10)5-14)16-6-8(3-12(16)17)7-20(15,18)19/h1-2,4,8H,3,6-7H2,(H2,15,18,19). The Balaban J connectivity index is 2.27. The number of rotatable bonds is 3. The molecule has 1 aliphatic heterocycles. The molecule has 0 radical (unpaired) electrons. The number of amides is 1. The first-order chi connectivity index (χ1) is 9.30. The summed E-state index contributed by atoms with van der Waals surface area (Å²) in [6, 6.07) is 7.05. The molecule has 1 fully saturated rings. The Morgan fingerprint density at radius 3 is 2.80 bits per heavy atom. The van der Waals surface area contributed by atoms with Gasteiger partial charge in [-0.3, -0.25) is 4.79 Å². The zero-order valence-corrected chi connectivity index (χ0v) is 12.8. The average molecular weight is 358 g/mol. The van der Waals surface area contributed by atoms with E-state index in [1.807, 2.05) is 6.07 Å². The molecule has 8 heteroatoms. The summed E-state index contributed by atoms with van der Waals surface area (Å²) in [4.78, 5) is 13.4. The number of nitrogens with zero attached hydrogens (tertiary/aromatic N) is 2. The first kappa shape index (κ1) is 15.0. The Labute approximate surface area is 125 Å². The predicted octanol–water partition coefficient (Wildman–Crippen LogP) is 0.962. The zero-order valence-electron chi connectivity index (χ0n) is 10.4. The molecule has 2 rings (SSSR count). The van der Waals surface area contributed by atoms with E-state index < -0.39 is 10.0 Å². The third-order valence-electron chi connectivity index (χ3n) is 3.04. The molecule has 1 aliphatic rings. The Morgan fingerprint density at radius 1 is 1.50 bits per heavy atom. The van der Waals surface area contributed by atoms with Gasteiger partial charge in [-0.25, -0.2) is 13.6 Å². The maximum atomic E-state index is 12.0. The van der Waals surface area contributed by atoms with E-state index in [9.17, 15) is 13.2 Å². The fourth-order valence-electron chi connectivity index (χ4n) is 2.29.